The Morgan fingerprint density at radius 3 is 2.19 bits per heavy atom. The summed E-state index contributed by atoms with van der Waals surface area (Å²) in [7, 11) is -2.79. The molecule has 2 unspecified atom stereocenters. The first-order chi connectivity index (χ1) is 20.5. The zero-order chi connectivity index (χ0) is 31.6. The van der Waals surface area contributed by atoms with Gasteiger partial charge in [0.1, 0.15) is 29.9 Å². The van der Waals surface area contributed by atoms with Gasteiger partial charge < -0.3 is 19.7 Å². The summed E-state index contributed by atoms with van der Waals surface area (Å²) in [4.78, 5) is 28.8. The molecule has 0 saturated heterocycles. The van der Waals surface area contributed by atoms with Crippen molar-refractivity contribution in [1.82, 2.24) is 10.2 Å². The number of hydrogen-bond acceptors (Lipinski definition) is 6. The third-order valence-corrected chi connectivity index (χ3v) is 8.78. The van der Waals surface area contributed by atoms with Crippen LogP contribution in [0.5, 0.6) is 11.5 Å². The number of hydrogen-bond donors (Lipinski definition) is 1. The summed E-state index contributed by atoms with van der Waals surface area (Å²) in [6, 6.07) is 16.8. The molecule has 2 atom stereocenters. The predicted octanol–water partition coefficient (Wildman–Crippen LogP) is 5.15. The molecular weight excluding hydrogens is 573 g/mol. The van der Waals surface area contributed by atoms with Gasteiger partial charge in [0.25, 0.3) is 10.0 Å². The van der Waals surface area contributed by atoms with Crippen molar-refractivity contribution in [1.29, 1.82) is 0 Å². The van der Waals surface area contributed by atoms with Crippen LogP contribution in [0.4, 0.5) is 10.1 Å². The molecule has 0 aliphatic heterocycles. The monoisotopic (exact) mass is 613 g/mol. The van der Waals surface area contributed by atoms with E-state index in [0.29, 0.717) is 36.5 Å². The zero-order valence-corrected chi connectivity index (χ0v) is 26.1. The van der Waals surface area contributed by atoms with Gasteiger partial charge in [-0.1, -0.05) is 26.0 Å². The standard InChI is InChI=1S/C32H40FN3O6S/c1-6-23(4)34-32(38)30(7-2)35(21-24-10-9-11-28(20-24)41-5)31(37)22-36(26-14-16-27(17-15-26)42-8-3)43(39,40)29-18-12-25(33)13-19-29/h9-20,23,30H,6-8,21-22H2,1-5H3,(H,34,38). The molecule has 43 heavy (non-hydrogen) atoms. The Balaban J connectivity index is 2.07. The van der Waals surface area contributed by atoms with Crippen molar-refractivity contribution in [2.45, 2.75) is 64.1 Å². The van der Waals surface area contributed by atoms with Crippen LogP contribution < -0.4 is 19.1 Å². The van der Waals surface area contributed by atoms with Crippen LogP contribution in [0, 0.1) is 5.82 Å². The molecule has 0 saturated carbocycles. The fourth-order valence-electron chi connectivity index (χ4n) is 4.47. The van der Waals surface area contributed by atoms with Crippen LogP contribution >= 0.6 is 0 Å². The highest BCUT2D eigenvalue weighted by atomic mass is 32.2. The highest BCUT2D eigenvalue weighted by molar-refractivity contribution is 7.92. The summed E-state index contributed by atoms with van der Waals surface area (Å²) in [5.74, 6) is -0.401. The Hall–Kier alpha value is -4.12. The van der Waals surface area contributed by atoms with Crippen molar-refractivity contribution in [3.63, 3.8) is 0 Å². The number of benzene rings is 3. The molecule has 9 nitrogen and oxygen atoms in total. The number of nitrogens with one attached hydrogen (secondary N) is 1. The van der Waals surface area contributed by atoms with Gasteiger partial charge in [-0.25, -0.2) is 12.8 Å². The Labute approximate surface area is 253 Å². The molecule has 0 aromatic heterocycles. The third-order valence-electron chi connectivity index (χ3n) is 6.99. The maximum absolute atomic E-state index is 14.2. The lowest BCUT2D eigenvalue weighted by molar-refractivity contribution is -0.140. The summed E-state index contributed by atoms with van der Waals surface area (Å²) in [6.07, 6.45) is 0.999. The molecule has 1 N–H and O–H groups in total. The van der Waals surface area contributed by atoms with E-state index in [1.807, 2.05) is 26.8 Å². The molecule has 3 aromatic rings. The van der Waals surface area contributed by atoms with Crippen LogP contribution in [0.15, 0.2) is 77.7 Å². The second-order valence-electron chi connectivity index (χ2n) is 10.0. The Kier molecular flexibility index (Phi) is 11.9. The quantitative estimate of drug-likeness (QED) is 0.254. The number of anilines is 1. The van der Waals surface area contributed by atoms with Crippen molar-refractivity contribution >= 4 is 27.5 Å². The fourth-order valence-corrected chi connectivity index (χ4v) is 5.88. The maximum Gasteiger partial charge on any atom is 0.264 e. The summed E-state index contributed by atoms with van der Waals surface area (Å²) in [6.45, 7) is 7.30. The minimum absolute atomic E-state index is 0.0379. The van der Waals surface area contributed by atoms with Crippen molar-refractivity contribution < 1.29 is 31.9 Å². The smallest absolute Gasteiger partial charge is 0.264 e. The van der Waals surface area contributed by atoms with E-state index in [4.69, 9.17) is 9.47 Å². The number of sulfonamides is 1. The first kappa shape index (κ1) is 33.4. The van der Waals surface area contributed by atoms with E-state index in [9.17, 15) is 22.4 Å². The van der Waals surface area contributed by atoms with Crippen molar-refractivity contribution in [3.8, 4) is 11.5 Å². The van der Waals surface area contributed by atoms with Gasteiger partial charge in [-0.15, -0.1) is 0 Å². The SMILES string of the molecule is CCOc1ccc(N(CC(=O)N(Cc2cccc(OC)c2)C(CC)C(=O)NC(C)CC)S(=O)(=O)c2ccc(F)cc2)cc1. The van der Waals surface area contributed by atoms with Gasteiger partial charge in [0, 0.05) is 12.6 Å². The second-order valence-corrected chi connectivity index (χ2v) is 11.9. The number of rotatable bonds is 15. The van der Waals surface area contributed by atoms with E-state index in [1.54, 1.807) is 49.4 Å². The van der Waals surface area contributed by atoms with Gasteiger partial charge in [0.15, 0.2) is 0 Å². The van der Waals surface area contributed by atoms with E-state index in [-0.39, 0.29) is 29.1 Å². The van der Waals surface area contributed by atoms with Crippen LogP contribution in [-0.4, -0.2) is 57.5 Å². The number of amides is 2. The maximum atomic E-state index is 14.2. The van der Waals surface area contributed by atoms with Gasteiger partial charge in [0.2, 0.25) is 11.8 Å². The molecule has 3 rings (SSSR count). The lowest BCUT2D eigenvalue weighted by atomic mass is 10.1. The molecule has 0 aliphatic carbocycles. The number of methoxy groups -OCH3 is 1. The van der Waals surface area contributed by atoms with E-state index < -0.39 is 34.3 Å². The Bertz CT molecular complexity index is 1470. The normalized spacial score (nSPS) is 12.6. The number of carbonyl (C=O) groups is 2. The van der Waals surface area contributed by atoms with Gasteiger partial charge in [-0.3, -0.25) is 13.9 Å². The molecule has 3 aromatic carbocycles. The highest BCUT2D eigenvalue weighted by Gasteiger charge is 2.34. The van der Waals surface area contributed by atoms with Crippen molar-refractivity contribution in [2.24, 2.45) is 0 Å². The molecule has 11 heteroatoms. The summed E-state index contributed by atoms with van der Waals surface area (Å²) < 4.78 is 53.3. The molecule has 0 bridgehead atoms. The highest BCUT2D eigenvalue weighted by Crippen LogP contribution is 2.27. The lowest BCUT2D eigenvalue weighted by Crippen LogP contribution is -2.53. The Morgan fingerprint density at radius 1 is 0.930 bits per heavy atom. The topological polar surface area (TPSA) is 105 Å². The van der Waals surface area contributed by atoms with E-state index in [1.165, 1.54) is 12.0 Å². The number of ether oxygens (including phenoxy) is 2. The lowest BCUT2D eigenvalue weighted by Gasteiger charge is -2.33. The summed E-state index contributed by atoms with van der Waals surface area (Å²) >= 11 is 0. The van der Waals surface area contributed by atoms with Crippen LogP contribution in [0.1, 0.15) is 46.1 Å². The molecule has 0 heterocycles. The summed E-state index contributed by atoms with van der Waals surface area (Å²) in [5.41, 5.74) is 0.913. The number of nitrogens with zero attached hydrogens (tertiary/aromatic N) is 2. The molecule has 0 spiro atoms. The van der Waals surface area contributed by atoms with Crippen LogP contribution in [0.3, 0.4) is 0 Å². The molecule has 2 amide bonds. The number of halogens is 1. The minimum Gasteiger partial charge on any atom is -0.497 e. The Morgan fingerprint density at radius 2 is 1.60 bits per heavy atom. The third kappa shape index (κ3) is 8.70. The fraction of sp³-hybridized carbons (Fsp3) is 0.375. The van der Waals surface area contributed by atoms with Gasteiger partial charge >= 0.3 is 0 Å². The predicted molar refractivity (Wildman–Crippen MR) is 164 cm³/mol. The molecule has 0 radical (unpaired) electrons. The minimum atomic E-state index is -4.33. The van der Waals surface area contributed by atoms with Gasteiger partial charge in [-0.2, -0.15) is 0 Å². The van der Waals surface area contributed by atoms with Crippen LogP contribution in [0.25, 0.3) is 0 Å². The molecule has 0 fully saturated rings. The average molecular weight is 614 g/mol. The first-order valence-electron chi connectivity index (χ1n) is 14.3. The van der Waals surface area contributed by atoms with Crippen molar-refractivity contribution in [2.75, 3.05) is 24.6 Å². The van der Waals surface area contributed by atoms with Crippen LogP contribution in [0.2, 0.25) is 0 Å². The first-order valence-corrected chi connectivity index (χ1v) is 15.7. The number of carbonyl (C=O) groups excluding carboxylic acids is 2. The summed E-state index contributed by atoms with van der Waals surface area (Å²) in [5, 5.41) is 2.95. The largest absolute Gasteiger partial charge is 0.497 e. The van der Waals surface area contributed by atoms with E-state index in [0.717, 1.165) is 28.6 Å². The molecular formula is C32H40FN3O6S. The molecule has 0 aliphatic rings. The molecule has 232 valence electrons. The van der Waals surface area contributed by atoms with E-state index >= 15 is 0 Å². The van der Waals surface area contributed by atoms with Gasteiger partial charge in [-0.05, 0) is 92.9 Å². The van der Waals surface area contributed by atoms with E-state index in [2.05, 4.69) is 5.32 Å². The van der Waals surface area contributed by atoms with Crippen LogP contribution in [-0.2, 0) is 26.2 Å². The van der Waals surface area contributed by atoms with Crippen molar-refractivity contribution in [3.05, 3.63) is 84.2 Å². The van der Waals surface area contributed by atoms with Gasteiger partial charge in [0.05, 0.1) is 24.3 Å². The zero-order valence-electron chi connectivity index (χ0n) is 25.2. The average Bonchev–Trinajstić information content (AvgIpc) is 3.00. The second kappa shape index (κ2) is 15.4.